The van der Waals surface area contributed by atoms with Crippen molar-refractivity contribution in [2.75, 3.05) is 25.0 Å². The minimum Gasteiger partial charge on any atom is -0.349 e. The first-order valence-electron chi connectivity index (χ1n) is 9.53. The first kappa shape index (κ1) is 20.9. The summed E-state index contributed by atoms with van der Waals surface area (Å²) in [5, 5.41) is 20.6. The maximum absolute atomic E-state index is 12.3. The van der Waals surface area contributed by atoms with Crippen LogP contribution in [0.4, 0.5) is 11.4 Å². The molecule has 1 aromatic carbocycles. The maximum atomic E-state index is 12.3. The minimum absolute atomic E-state index is 0.00521. The molecule has 9 heteroatoms. The van der Waals surface area contributed by atoms with Crippen molar-refractivity contribution in [3.05, 3.63) is 56.3 Å². The molecule has 2 heterocycles. The van der Waals surface area contributed by atoms with Gasteiger partial charge in [-0.1, -0.05) is 6.07 Å². The number of rotatable bonds is 7. The molecule has 8 nitrogen and oxygen atoms in total. The first-order valence-corrected chi connectivity index (χ1v) is 10.5. The van der Waals surface area contributed by atoms with Crippen molar-refractivity contribution in [3.63, 3.8) is 0 Å². The lowest BCUT2D eigenvalue weighted by Crippen LogP contribution is -2.45. The lowest BCUT2D eigenvalue weighted by atomic mass is 10.0. The van der Waals surface area contributed by atoms with Crippen molar-refractivity contribution in [2.45, 2.75) is 32.2 Å². The fourth-order valence-corrected chi connectivity index (χ4v) is 4.03. The van der Waals surface area contributed by atoms with Crippen LogP contribution in [0.15, 0.2) is 35.0 Å². The number of nitrogens with zero attached hydrogens (tertiary/aromatic N) is 2. The van der Waals surface area contributed by atoms with Crippen molar-refractivity contribution >= 4 is 34.5 Å². The van der Waals surface area contributed by atoms with E-state index in [2.05, 4.69) is 15.5 Å². The van der Waals surface area contributed by atoms with E-state index in [1.165, 1.54) is 17.4 Å². The van der Waals surface area contributed by atoms with Crippen molar-refractivity contribution in [1.29, 1.82) is 0 Å². The molecule has 2 aromatic rings. The number of thiophene rings is 1. The molecular formula is C20H24N4O4S. The molecule has 1 aliphatic rings. The van der Waals surface area contributed by atoms with Crippen LogP contribution in [0.25, 0.3) is 0 Å². The maximum Gasteiger partial charge on any atom is 0.274 e. The summed E-state index contributed by atoms with van der Waals surface area (Å²) >= 11 is 1.50. The molecule has 0 saturated carbocycles. The number of hydrogen-bond donors (Lipinski definition) is 2. The van der Waals surface area contributed by atoms with Crippen molar-refractivity contribution in [2.24, 2.45) is 0 Å². The number of anilines is 1. The molecule has 29 heavy (non-hydrogen) atoms. The van der Waals surface area contributed by atoms with Gasteiger partial charge in [-0.3, -0.25) is 19.7 Å². The van der Waals surface area contributed by atoms with Gasteiger partial charge in [-0.15, -0.1) is 0 Å². The van der Waals surface area contributed by atoms with Gasteiger partial charge in [0, 0.05) is 49.1 Å². The molecule has 1 aliphatic heterocycles. The Kier molecular flexibility index (Phi) is 6.95. The minimum atomic E-state index is -0.452. The SMILES string of the molecule is Cc1c(NC(=O)CCN2CCC(NC(=O)c3ccsc3)CC2)cccc1[N+](=O)[O-]. The van der Waals surface area contributed by atoms with E-state index >= 15 is 0 Å². The second-order valence-corrected chi connectivity index (χ2v) is 7.89. The van der Waals surface area contributed by atoms with E-state index in [1.807, 2.05) is 16.8 Å². The molecule has 0 bridgehead atoms. The molecule has 3 rings (SSSR count). The van der Waals surface area contributed by atoms with Crippen LogP contribution in [0.3, 0.4) is 0 Å². The molecule has 1 fully saturated rings. The van der Waals surface area contributed by atoms with Crippen LogP contribution in [0.2, 0.25) is 0 Å². The fourth-order valence-electron chi connectivity index (χ4n) is 3.39. The Balaban J connectivity index is 1.41. The van der Waals surface area contributed by atoms with Crippen LogP contribution in [0.5, 0.6) is 0 Å². The number of piperidine rings is 1. The van der Waals surface area contributed by atoms with Gasteiger partial charge in [-0.05, 0) is 37.3 Å². The first-order chi connectivity index (χ1) is 13.9. The van der Waals surface area contributed by atoms with Crippen molar-refractivity contribution in [3.8, 4) is 0 Å². The Morgan fingerprint density at radius 1 is 1.28 bits per heavy atom. The summed E-state index contributed by atoms with van der Waals surface area (Å²) in [5.74, 6) is -0.196. The lowest BCUT2D eigenvalue weighted by molar-refractivity contribution is -0.385. The zero-order chi connectivity index (χ0) is 20.8. The zero-order valence-corrected chi connectivity index (χ0v) is 17.0. The monoisotopic (exact) mass is 416 g/mol. The van der Waals surface area contributed by atoms with Gasteiger partial charge in [-0.2, -0.15) is 11.3 Å². The average Bonchev–Trinajstić information content (AvgIpc) is 3.24. The number of carbonyl (C=O) groups excluding carboxylic acids is 2. The second-order valence-electron chi connectivity index (χ2n) is 7.11. The molecule has 0 atom stereocenters. The molecule has 2 N–H and O–H groups in total. The number of nitro groups is 1. The summed E-state index contributed by atoms with van der Waals surface area (Å²) in [6.07, 6.45) is 2.01. The van der Waals surface area contributed by atoms with E-state index in [1.54, 1.807) is 19.1 Å². The molecule has 154 valence electrons. The largest absolute Gasteiger partial charge is 0.349 e. The second kappa shape index (κ2) is 9.62. The van der Waals surface area contributed by atoms with Gasteiger partial charge in [0.2, 0.25) is 5.91 Å². The third kappa shape index (κ3) is 5.61. The molecule has 1 aromatic heterocycles. The summed E-state index contributed by atoms with van der Waals surface area (Å²) in [7, 11) is 0. The van der Waals surface area contributed by atoms with E-state index in [0.717, 1.165) is 25.9 Å². The number of nitro benzene ring substituents is 1. The topological polar surface area (TPSA) is 105 Å². The molecule has 0 aliphatic carbocycles. The van der Waals surface area contributed by atoms with Gasteiger partial charge >= 0.3 is 0 Å². The van der Waals surface area contributed by atoms with Crippen LogP contribution in [-0.2, 0) is 4.79 Å². The van der Waals surface area contributed by atoms with Crippen molar-refractivity contribution < 1.29 is 14.5 Å². The normalized spacial score (nSPS) is 15.1. The van der Waals surface area contributed by atoms with Crippen LogP contribution >= 0.6 is 11.3 Å². The van der Waals surface area contributed by atoms with E-state index in [0.29, 0.717) is 29.8 Å². The number of hydrogen-bond acceptors (Lipinski definition) is 6. The van der Waals surface area contributed by atoms with Gasteiger partial charge < -0.3 is 15.5 Å². The smallest absolute Gasteiger partial charge is 0.274 e. The van der Waals surface area contributed by atoms with Crippen LogP contribution < -0.4 is 10.6 Å². The molecule has 1 saturated heterocycles. The van der Waals surface area contributed by atoms with Gasteiger partial charge in [0.05, 0.1) is 16.2 Å². The number of carbonyl (C=O) groups is 2. The Morgan fingerprint density at radius 3 is 2.69 bits per heavy atom. The molecular weight excluding hydrogens is 392 g/mol. The highest BCUT2D eigenvalue weighted by atomic mass is 32.1. The summed E-state index contributed by atoms with van der Waals surface area (Å²) in [5.41, 5.74) is 1.62. The van der Waals surface area contributed by atoms with Crippen LogP contribution in [-0.4, -0.2) is 47.3 Å². The van der Waals surface area contributed by atoms with E-state index in [-0.39, 0.29) is 23.5 Å². The zero-order valence-electron chi connectivity index (χ0n) is 16.2. The summed E-state index contributed by atoms with van der Waals surface area (Å²) in [4.78, 5) is 37.2. The highest BCUT2D eigenvalue weighted by Crippen LogP contribution is 2.25. The number of benzene rings is 1. The predicted octanol–water partition coefficient (Wildman–Crippen LogP) is 3.19. The highest BCUT2D eigenvalue weighted by Gasteiger charge is 2.22. The molecule has 0 spiro atoms. The third-order valence-corrected chi connectivity index (χ3v) is 5.82. The molecule has 0 unspecified atom stereocenters. The standard InChI is InChI=1S/C20H24N4O4S/c1-14-17(3-2-4-18(14)24(27)28)22-19(25)7-11-23-9-5-16(6-10-23)21-20(26)15-8-12-29-13-15/h2-4,8,12-13,16H,5-7,9-11H2,1H3,(H,21,26)(H,22,25). The summed E-state index contributed by atoms with van der Waals surface area (Å²) in [6.45, 7) is 3.88. The summed E-state index contributed by atoms with van der Waals surface area (Å²) < 4.78 is 0. The van der Waals surface area contributed by atoms with Crippen LogP contribution in [0, 0.1) is 17.0 Å². The average molecular weight is 417 g/mol. The van der Waals surface area contributed by atoms with E-state index < -0.39 is 4.92 Å². The Hall–Kier alpha value is -2.78. The Labute approximate surface area is 173 Å². The quantitative estimate of drug-likeness (QED) is 0.533. The Morgan fingerprint density at radius 2 is 2.03 bits per heavy atom. The number of likely N-dealkylation sites (tertiary alicyclic amines) is 1. The van der Waals surface area contributed by atoms with Gasteiger partial charge in [-0.25, -0.2) is 0 Å². The third-order valence-electron chi connectivity index (χ3n) is 5.14. The van der Waals surface area contributed by atoms with Gasteiger partial charge in [0.25, 0.3) is 11.6 Å². The molecule has 0 radical (unpaired) electrons. The van der Waals surface area contributed by atoms with Crippen LogP contribution in [0.1, 0.15) is 35.2 Å². The van der Waals surface area contributed by atoms with Gasteiger partial charge in [0.15, 0.2) is 0 Å². The number of nitrogens with one attached hydrogen (secondary N) is 2. The predicted molar refractivity (Wildman–Crippen MR) is 112 cm³/mol. The number of amides is 2. The van der Waals surface area contributed by atoms with E-state index in [4.69, 9.17) is 0 Å². The molecule has 2 amide bonds. The Bertz CT molecular complexity index is 877. The highest BCUT2D eigenvalue weighted by molar-refractivity contribution is 7.08. The summed E-state index contributed by atoms with van der Waals surface area (Å²) in [6, 6.07) is 6.63. The van der Waals surface area contributed by atoms with Gasteiger partial charge in [0.1, 0.15) is 0 Å². The lowest BCUT2D eigenvalue weighted by Gasteiger charge is -2.32. The fraction of sp³-hybridized carbons (Fsp3) is 0.400. The van der Waals surface area contributed by atoms with E-state index in [9.17, 15) is 19.7 Å². The van der Waals surface area contributed by atoms with Crippen molar-refractivity contribution in [1.82, 2.24) is 10.2 Å².